The van der Waals surface area contributed by atoms with Crippen molar-refractivity contribution in [2.45, 2.75) is 6.42 Å². The van der Waals surface area contributed by atoms with Gasteiger partial charge in [-0.1, -0.05) is 24.3 Å². The van der Waals surface area contributed by atoms with Crippen molar-refractivity contribution >= 4 is 11.4 Å². The summed E-state index contributed by atoms with van der Waals surface area (Å²) in [6.45, 7) is 0. The Labute approximate surface area is 108 Å². The molecule has 0 radical (unpaired) electrons. The van der Waals surface area contributed by atoms with E-state index in [0.717, 1.165) is 11.1 Å². The molecule has 19 heavy (non-hydrogen) atoms. The van der Waals surface area contributed by atoms with Crippen LogP contribution in [-0.2, 0) is 6.42 Å². The Balaban J connectivity index is 2.19. The van der Waals surface area contributed by atoms with Crippen molar-refractivity contribution in [3.05, 3.63) is 79.9 Å². The van der Waals surface area contributed by atoms with E-state index in [0.29, 0.717) is 6.42 Å². The van der Waals surface area contributed by atoms with Crippen LogP contribution in [0.2, 0.25) is 0 Å². The smallest absolute Gasteiger partial charge is 0.258 e. The van der Waals surface area contributed by atoms with E-state index in [-0.39, 0.29) is 11.4 Å². The Morgan fingerprint density at radius 2 is 1.42 bits per heavy atom. The van der Waals surface area contributed by atoms with Gasteiger partial charge >= 0.3 is 0 Å². The number of nitro benzene ring substituents is 2. The molecular weight excluding hydrogens is 248 g/mol. The predicted molar refractivity (Wildman–Crippen MR) is 69.0 cm³/mol. The molecule has 6 heteroatoms. The third-order valence-electron chi connectivity index (χ3n) is 2.68. The van der Waals surface area contributed by atoms with Gasteiger partial charge in [-0.3, -0.25) is 20.2 Å². The van der Waals surface area contributed by atoms with Gasteiger partial charge in [0.25, 0.3) is 11.4 Å². The van der Waals surface area contributed by atoms with E-state index >= 15 is 0 Å². The molecule has 0 unspecified atom stereocenters. The molecule has 0 aliphatic carbocycles. The summed E-state index contributed by atoms with van der Waals surface area (Å²) >= 11 is 0. The molecule has 0 atom stereocenters. The minimum Gasteiger partial charge on any atom is -0.258 e. The number of non-ortho nitro benzene ring substituents is 2. The molecular formula is C13H10N2O4. The summed E-state index contributed by atoms with van der Waals surface area (Å²) in [6.07, 6.45) is 0.500. The molecule has 0 aliphatic heterocycles. The van der Waals surface area contributed by atoms with Crippen molar-refractivity contribution in [1.29, 1.82) is 0 Å². The van der Waals surface area contributed by atoms with Crippen LogP contribution in [0, 0.1) is 20.2 Å². The van der Waals surface area contributed by atoms with E-state index in [1.807, 2.05) is 0 Å². The quantitative estimate of drug-likeness (QED) is 0.622. The van der Waals surface area contributed by atoms with Crippen LogP contribution in [0.15, 0.2) is 48.5 Å². The molecule has 6 nitrogen and oxygen atoms in total. The second-order valence-corrected chi connectivity index (χ2v) is 4.03. The lowest BCUT2D eigenvalue weighted by atomic mass is 10.0. The zero-order valence-electron chi connectivity index (χ0n) is 9.85. The number of rotatable bonds is 4. The molecule has 2 aromatic rings. The van der Waals surface area contributed by atoms with Gasteiger partial charge < -0.3 is 0 Å². The monoisotopic (exact) mass is 258 g/mol. The average molecular weight is 258 g/mol. The molecule has 0 heterocycles. The Morgan fingerprint density at radius 1 is 0.789 bits per heavy atom. The van der Waals surface area contributed by atoms with E-state index in [1.54, 1.807) is 24.3 Å². The van der Waals surface area contributed by atoms with Crippen LogP contribution in [0.4, 0.5) is 11.4 Å². The molecule has 0 aliphatic rings. The summed E-state index contributed by atoms with van der Waals surface area (Å²) in [5.41, 5.74) is 1.73. The van der Waals surface area contributed by atoms with Gasteiger partial charge in [0.2, 0.25) is 0 Å². The third-order valence-corrected chi connectivity index (χ3v) is 2.68. The van der Waals surface area contributed by atoms with E-state index in [9.17, 15) is 20.2 Å². The highest BCUT2D eigenvalue weighted by Crippen LogP contribution is 2.18. The average Bonchev–Trinajstić information content (AvgIpc) is 2.39. The Kier molecular flexibility index (Phi) is 3.51. The molecule has 0 saturated carbocycles. The van der Waals surface area contributed by atoms with E-state index in [2.05, 4.69) is 0 Å². The maximum absolute atomic E-state index is 10.7. The zero-order valence-corrected chi connectivity index (χ0v) is 9.85. The molecule has 2 aromatic carbocycles. The molecule has 0 bridgehead atoms. The van der Waals surface area contributed by atoms with Crippen LogP contribution >= 0.6 is 0 Å². The number of hydrogen-bond acceptors (Lipinski definition) is 4. The van der Waals surface area contributed by atoms with E-state index in [1.165, 1.54) is 24.3 Å². The minimum atomic E-state index is -0.461. The highest BCUT2D eigenvalue weighted by molar-refractivity contribution is 5.39. The summed E-state index contributed by atoms with van der Waals surface area (Å²) in [5.74, 6) is 0. The van der Waals surface area contributed by atoms with Gasteiger partial charge in [-0.05, 0) is 17.5 Å². The lowest BCUT2D eigenvalue weighted by molar-refractivity contribution is -0.385. The van der Waals surface area contributed by atoms with Crippen molar-refractivity contribution in [1.82, 2.24) is 0 Å². The van der Waals surface area contributed by atoms with Crippen LogP contribution in [0.3, 0.4) is 0 Å². The number of nitrogens with zero attached hydrogens (tertiary/aromatic N) is 2. The molecule has 2 rings (SSSR count). The van der Waals surface area contributed by atoms with Crippen LogP contribution < -0.4 is 0 Å². The summed E-state index contributed by atoms with van der Waals surface area (Å²) < 4.78 is 0. The molecule has 0 fully saturated rings. The van der Waals surface area contributed by atoms with E-state index in [4.69, 9.17) is 0 Å². The van der Waals surface area contributed by atoms with Crippen molar-refractivity contribution in [3.8, 4) is 0 Å². The minimum absolute atomic E-state index is 0.0304. The lowest BCUT2D eigenvalue weighted by Crippen LogP contribution is -1.93. The Morgan fingerprint density at radius 3 is 2.00 bits per heavy atom. The number of nitro groups is 2. The van der Waals surface area contributed by atoms with E-state index < -0.39 is 9.85 Å². The first kappa shape index (κ1) is 12.7. The Hall–Kier alpha value is -2.76. The maximum Gasteiger partial charge on any atom is 0.269 e. The third kappa shape index (κ3) is 3.12. The topological polar surface area (TPSA) is 86.3 Å². The van der Waals surface area contributed by atoms with Crippen LogP contribution in [-0.4, -0.2) is 9.85 Å². The molecule has 0 amide bonds. The number of hydrogen-bond donors (Lipinski definition) is 0. The summed E-state index contributed by atoms with van der Waals surface area (Å²) in [5, 5.41) is 21.2. The summed E-state index contributed by atoms with van der Waals surface area (Å²) in [6, 6.07) is 12.5. The first-order valence-electron chi connectivity index (χ1n) is 5.53. The van der Waals surface area contributed by atoms with Gasteiger partial charge in [-0.25, -0.2) is 0 Å². The fourth-order valence-electron chi connectivity index (χ4n) is 1.75. The SMILES string of the molecule is O=[N+]([O-])c1ccc(Cc2cccc([N+](=O)[O-])c2)cc1. The molecule has 0 saturated heterocycles. The van der Waals surface area contributed by atoms with Gasteiger partial charge in [0.1, 0.15) is 0 Å². The van der Waals surface area contributed by atoms with Gasteiger partial charge in [-0.2, -0.15) is 0 Å². The largest absolute Gasteiger partial charge is 0.269 e. The zero-order chi connectivity index (χ0) is 13.8. The molecule has 0 aromatic heterocycles. The summed E-state index contributed by atoms with van der Waals surface area (Å²) in [7, 11) is 0. The normalized spacial score (nSPS) is 10.1. The summed E-state index contributed by atoms with van der Waals surface area (Å²) in [4.78, 5) is 20.3. The van der Waals surface area contributed by atoms with Gasteiger partial charge in [0.05, 0.1) is 9.85 Å². The van der Waals surface area contributed by atoms with Gasteiger partial charge in [-0.15, -0.1) is 0 Å². The second-order valence-electron chi connectivity index (χ2n) is 4.03. The van der Waals surface area contributed by atoms with Crippen molar-refractivity contribution in [2.24, 2.45) is 0 Å². The Bertz CT molecular complexity index is 623. The van der Waals surface area contributed by atoms with Gasteiger partial charge in [0.15, 0.2) is 0 Å². The first-order valence-corrected chi connectivity index (χ1v) is 5.53. The predicted octanol–water partition coefficient (Wildman–Crippen LogP) is 3.09. The molecule has 96 valence electrons. The van der Waals surface area contributed by atoms with Crippen LogP contribution in [0.25, 0.3) is 0 Å². The van der Waals surface area contributed by atoms with Gasteiger partial charge in [0, 0.05) is 24.3 Å². The van der Waals surface area contributed by atoms with Crippen molar-refractivity contribution < 1.29 is 9.85 Å². The maximum atomic E-state index is 10.7. The highest BCUT2D eigenvalue weighted by atomic mass is 16.6. The number of benzene rings is 2. The molecule has 0 N–H and O–H groups in total. The van der Waals surface area contributed by atoms with Crippen molar-refractivity contribution in [3.63, 3.8) is 0 Å². The van der Waals surface area contributed by atoms with Crippen LogP contribution in [0.5, 0.6) is 0 Å². The fourth-order valence-corrected chi connectivity index (χ4v) is 1.75. The lowest BCUT2D eigenvalue weighted by Gasteiger charge is -2.01. The molecule has 0 spiro atoms. The fraction of sp³-hybridized carbons (Fsp3) is 0.0769. The van der Waals surface area contributed by atoms with Crippen LogP contribution in [0.1, 0.15) is 11.1 Å². The highest BCUT2D eigenvalue weighted by Gasteiger charge is 2.07. The second kappa shape index (κ2) is 5.26. The van der Waals surface area contributed by atoms with Crippen molar-refractivity contribution in [2.75, 3.05) is 0 Å². The standard InChI is InChI=1S/C13H10N2O4/c16-14(17)12-6-4-10(5-7-12)8-11-2-1-3-13(9-11)15(18)19/h1-7,9H,8H2. The first-order chi connectivity index (χ1) is 9.06.